The van der Waals surface area contributed by atoms with Crippen LogP contribution in [-0.4, -0.2) is 61.4 Å². The van der Waals surface area contributed by atoms with Crippen LogP contribution in [-0.2, 0) is 4.74 Å². The van der Waals surface area contributed by atoms with Crippen LogP contribution in [0.2, 0.25) is 0 Å². The summed E-state index contributed by atoms with van der Waals surface area (Å²) >= 11 is 1.85. The van der Waals surface area contributed by atoms with Gasteiger partial charge in [0, 0.05) is 24.6 Å². The zero-order valence-electron chi connectivity index (χ0n) is 9.37. The summed E-state index contributed by atoms with van der Waals surface area (Å²) in [5.74, 6) is 2.39. The highest BCUT2D eigenvalue weighted by molar-refractivity contribution is 7.99. The highest BCUT2D eigenvalue weighted by Gasteiger charge is 2.27. The number of thioether (sulfide) groups is 1. The molecule has 0 aromatic rings. The number of alkyl halides is 3. The Balaban J connectivity index is 2.14. The summed E-state index contributed by atoms with van der Waals surface area (Å²) < 4.78 is 39.6. The van der Waals surface area contributed by atoms with Crippen LogP contribution in [0.5, 0.6) is 0 Å². The quantitative estimate of drug-likeness (QED) is 0.469. The largest absolute Gasteiger partial charge is 0.411 e. The number of guanidine groups is 1. The molecule has 17 heavy (non-hydrogen) atoms. The van der Waals surface area contributed by atoms with Gasteiger partial charge in [0.15, 0.2) is 5.96 Å². The van der Waals surface area contributed by atoms with Gasteiger partial charge < -0.3 is 15.4 Å². The molecule has 0 aromatic carbocycles. The van der Waals surface area contributed by atoms with Crippen molar-refractivity contribution in [3.05, 3.63) is 0 Å². The van der Waals surface area contributed by atoms with Gasteiger partial charge in [-0.2, -0.15) is 24.9 Å². The van der Waals surface area contributed by atoms with Gasteiger partial charge in [-0.15, -0.1) is 0 Å². The van der Waals surface area contributed by atoms with Crippen molar-refractivity contribution in [2.45, 2.75) is 6.18 Å². The second-order valence-electron chi connectivity index (χ2n) is 3.51. The first-order valence-electron chi connectivity index (χ1n) is 5.26. The molecule has 8 heteroatoms. The summed E-state index contributed by atoms with van der Waals surface area (Å²) in [4.78, 5) is 5.92. The van der Waals surface area contributed by atoms with E-state index < -0.39 is 12.8 Å². The summed E-state index contributed by atoms with van der Waals surface area (Å²) in [6, 6.07) is 0. The molecular formula is C9H16F3N3OS. The summed E-state index contributed by atoms with van der Waals surface area (Å²) in [6.45, 7) is 0.532. The van der Waals surface area contributed by atoms with Crippen molar-refractivity contribution in [3.63, 3.8) is 0 Å². The third-order valence-electron chi connectivity index (χ3n) is 2.11. The van der Waals surface area contributed by atoms with Gasteiger partial charge in [0.2, 0.25) is 0 Å². The zero-order chi connectivity index (χ0) is 12.7. The van der Waals surface area contributed by atoms with E-state index in [4.69, 9.17) is 5.73 Å². The maximum Gasteiger partial charge on any atom is 0.411 e. The van der Waals surface area contributed by atoms with Gasteiger partial charge in [-0.25, -0.2) is 0 Å². The Labute approximate surface area is 102 Å². The number of ether oxygens (including phenoxy) is 1. The van der Waals surface area contributed by atoms with Crippen molar-refractivity contribution in [3.8, 4) is 0 Å². The third kappa shape index (κ3) is 6.62. The molecule has 2 N–H and O–H groups in total. The molecule has 1 fully saturated rings. The van der Waals surface area contributed by atoms with Crippen LogP contribution in [0.1, 0.15) is 0 Å². The summed E-state index contributed by atoms with van der Waals surface area (Å²) in [6.07, 6.45) is -4.28. The van der Waals surface area contributed by atoms with Crippen molar-refractivity contribution in [1.82, 2.24) is 4.90 Å². The predicted octanol–water partition coefficient (Wildman–Crippen LogP) is 0.929. The average Bonchev–Trinajstić information content (AvgIpc) is 2.28. The third-order valence-corrected chi connectivity index (χ3v) is 3.05. The van der Waals surface area contributed by atoms with E-state index in [-0.39, 0.29) is 13.2 Å². The smallest absolute Gasteiger partial charge is 0.370 e. The number of hydrogen-bond donors (Lipinski definition) is 1. The van der Waals surface area contributed by atoms with Gasteiger partial charge in [-0.3, -0.25) is 4.99 Å². The molecule has 0 aliphatic carbocycles. The summed E-state index contributed by atoms with van der Waals surface area (Å²) in [7, 11) is 0. The zero-order valence-corrected chi connectivity index (χ0v) is 10.2. The molecule has 0 bridgehead atoms. The summed E-state index contributed by atoms with van der Waals surface area (Å²) in [5, 5.41) is 0. The van der Waals surface area contributed by atoms with Crippen molar-refractivity contribution in [2.24, 2.45) is 10.7 Å². The van der Waals surface area contributed by atoms with Crippen LogP contribution in [0.4, 0.5) is 13.2 Å². The number of hydrogen-bond acceptors (Lipinski definition) is 3. The van der Waals surface area contributed by atoms with E-state index >= 15 is 0 Å². The lowest BCUT2D eigenvalue weighted by atomic mass is 10.5. The van der Waals surface area contributed by atoms with Crippen LogP contribution in [0.3, 0.4) is 0 Å². The van der Waals surface area contributed by atoms with Crippen molar-refractivity contribution < 1.29 is 17.9 Å². The van der Waals surface area contributed by atoms with Gasteiger partial charge in [0.1, 0.15) is 6.61 Å². The number of halogens is 3. The molecule has 0 aromatic heterocycles. The number of nitrogens with zero attached hydrogens (tertiary/aromatic N) is 2. The molecule has 1 heterocycles. The maximum atomic E-state index is 11.7. The Hall–Kier alpha value is -0.630. The fraction of sp³-hybridized carbons (Fsp3) is 0.889. The fourth-order valence-corrected chi connectivity index (χ4v) is 2.21. The monoisotopic (exact) mass is 271 g/mol. The van der Waals surface area contributed by atoms with Crippen LogP contribution < -0.4 is 5.73 Å². The van der Waals surface area contributed by atoms with E-state index in [1.807, 2.05) is 16.7 Å². The molecule has 1 aliphatic heterocycles. The lowest BCUT2D eigenvalue weighted by molar-refractivity contribution is -0.173. The van der Waals surface area contributed by atoms with E-state index in [9.17, 15) is 13.2 Å². The van der Waals surface area contributed by atoms with E-state index in [1.54, 1.807) is 0 Å². The van der Waals surface area contributed by atoms with Crippen molar-refractivity contribution in [2.75, 3.05) is 44.4 Å². The minimum Gasteiger partial charge on any atom is -0.370 e. The van der Waals surface area contributed by atoms with Gasteiger partial charge in [0.25, 0.3) is 0 Å². The molecule has 0 amide bonds. The highest BCUT2D eigenvalue weighted by Crippen LogP contribution is 2.14. The molecular weight excluding hydrogens is 255 g/mol. The SMILES string of the molecule is NC(=NCCOCC(F)(F)F)N1CCSCC1. The molecule has 4 nitrogen and oxygen atoms in total. The normalized spacial score (nSPS) is 18.5. The molecule has 0 radical (unpaired) electrons. The average molecular weight is 271 g/mol. The maximum absolute atomic E-state index is 11.7. The second-order valence-corrected chi connectivity index (χ2v) is 4.73. The number of rotatable bonds is 4. The van der Waals surface area contributed by atoms with Crippen molar-refractivity contribution in [1.29, 1.82) is 0 Å². The molecule has 0 spiro atoms. The first kappa shape index (κ1) is 14.4. The van der Waals surface area contributed by atoms with E-state index in [2.05, 4.69) is 9.73 Å². The topological polar surface area (TPSA) is 50.9 Å². The first-order valence-corrected chi connectivity index (χ1v) is 6.41. The second kappa shape index (κ2) is 6.95. The lowest BCUT2D eigenvalue weighted by Crippen LogP contribution is -2.42. The van der Waals surface area contributed by atoms with Crippen molar-refractivity contribution >= 4 is 17.7 Å². The standard InChI is InChI=1S/C9H16F3N3OS/c10-9(11,12)7-16-4-1-14-8(13)15-2-5-17-6-3-15/h1-7H2,(H2,13,14). The van der Waals surface area contributed by atoms with Gasteiger partial charge in [0.05, 0.1) is 13.2 Å². The highest BCUT2D eigenvalue weighted by atomic mass is 32.2. The first-order chi connectivity index (χ1) is 7.99. The minimum atomic E-state index is -4.28. The molecule has 1 saturated heterocycles. The number of aliphatic imine (C=N–C) groups is 1. The molecule has 0 unspecified atom stereocenters. The van der Waals surface area contributed by atoms with Gasteiger partial charge in [-0.05, 0) is 0 Å². The minimum absolute atomic E-state index is 0.0667. The van der Waals surface area contributed by atoms with E-state index in [0.29, 0.717) is 5.96 Å². The Morgan fingerprint density at radius 2 is 2.00 bits per heavy atom. The molecule has 1 aliphatic rings. The Bertz CT molecular complexity index is 254. The Morgan fingerprint density at radius 3 is 2.59 bits per heavy atom. The van der Waals surface area contributed by atoms with Crippen LogP contribution >= 0.6 is 11.8 Å². The van der Waals surface area contributed by atoms with Crippen LogP contribution in [0.15, 0.2) is 4.99 Å². The fourth-order valence-electron chi connectivity index (χ4n) is 1.31. The summed E-state index contributed by atoms with van der Waals surface area (Å²) in [5.41, 5.74) is 5.71. The predicted molar refractivity (Wildman–Crippen MR) is 62.3 cm³/mol. The lowest BCUT2D eigenvalue weighted by Gasteiger charge is -2.27. The Kier molecular flexibility index (Phi) is 5.90. The van der Waals surface area contributed by atoms with Gasteiger partial charge >= 0.3 is 6.18 Å². The van der Waals surface area contributed by atoms with Gasteiger partial charge in [-0.1, -0.05) is 0 Å². The molecule has 0 saturated carbocycles. The number of nitrogens with two attached hydrogens (primary N) is 1. The van der Waals surface area contributed by atoms with E-state index in [0.717, 1.165) is 24.6 Å². The Morgan fingerprint density at radius 1 is 1.35 bits per heavy atom. The molecule has 100 valence electrons. The van der Waals surface area contributed by atoms with Crippen LogP contribution in [0.25, 0.3) is 0 Å². The van der Waals surface area contributed by atoms with Crippen LogP contribution in [0, 0.1) is 0 Å². The van der Waals surface area contributed by atoms with E-state index in [1.165, 1.54) is 0 Å². The molecule has 0 atom stereocenters. The molecule has 1 rings (SSSR count).